The van der Waals surface area contributed by atoms with Gasteiger partial charge in [-0.25, -0.2) is 0 Å². The van der Waals surface area contributed by atoms with Gasteiger partial charge >= 0.3 is 0 Å². The van der Waals surface area contributed by atoms with Crippen LogP contribution in [0.1, 0.15) is 42.0 Å². The topological polar surface area (TPSA) is 29.3 Å². The van der Waals surface area contributed by atoms with Gasteiger partial charge in [0.05, 0.1) is 0 Å². The largest absolute Gasteiger partial charge is 0.323 e. The van der Waals surface area contributed by atoms with Crippen LogP contribution in [0.25, 0.3) is 0 Å². The normalized spacial score (nSPS) is 28.6. The first kappa shape index (κ1) is 13.1. The third-order valence-corrected chi connectivity index (χ3v) is 5.09. The van der Waals surface area contributed by atoms with Crippen LogP contribution in [0.4, 0.5) is 0 Å². The van der Waals surface area contributed by atoms with E-state index in [0.29, 0.717) is 0 Å². The molecule has 2 aliphatic rings. The average Bonchev–Trinajstić information content (AvgIpc) is 2.92. The Kier molecular flexibility index (Phi) is 3.64. The molecule has 3 unspecified atom stereocenters. The van der Waals surface area contributed by atoms with Gasteiger partial charge in [0.1, 0.15) is 0 Å². The fraction of sp³-hybridized carbons (Fsp3) is 0.647. The van der Waals surface area contributed by atoms with Crippen LogP contribution in [0.5, 0.6) is 0 Å². The van der Waals surface area contributed by atoms with Crippen LogP contribution < -0.4 is 5.73 Å². The molecule has 2 fully saturated rings. The van der Waals surface area contributed by atoms with E-state index in [1.807, 2.05) is 0 Å². The van der Waals surface area contributed by atoms with E-state index < -0.39 is 0 Å². The van der Waals surface area contributed by atoms with Crippen LogP contribution in [-0.2, 0) is 0 Å². The Morgan fingerprint density at radius 2 is 1.89 bits per heavy atom. The Morgan fingerprint density at radius 1 is 1.21 bits per heavy atom. The van der Waals surface area contributed by atoms with Crippen LogP contribution in [-0.4, -0.2) is 24.5 Å². The number of nitrogens with two attached hydrogens (primary N) is 1. The fourth-order valence-electron chi connectivity index (χ4n) is 4.02. The maximum Gasteiger partial charge on any atom is 0.0427 e. The lowest BCUT2D eigenvalue weighted by molar-refractivity contribution is 0.291. The highest BCUT2D eigenvalue weighted by Crippen LogP contribution is 2.38. The SMILES string of the molecule is Cc1ccc(C)c(C(N)CN2CC3CCCC3C2)c1. The smallest absolute Gasteiger partial charge is 0.0427 e. The van der Waals surface area contributed by atoms with Gasteiger partial charge in [0, 0.05) is 25.7 Å². The Morgan fingerprint density at radius 3 is 2.58 bits per heavy atom. The molecule has 104 valence electrons. The maximum atomic E-state index is 6.45. The predicted molar refractivity (Wildman–Crippen MR) is 80.1 cm³/mol. The van der Waals surface area contributed by atoms with E-state index in [0.717, 1.165) is 18.4 Å². The van der Waals surface area contributed by atoms with Gasteiger partial charge in [-0.1, -0.05) is 30.2 Å². The third kappa shape index (κ3) is 2.70. The lowest BCUT2D eigenvalue weighted by Gasteiger charge is -2.23. The Labute approximate surface area is 117 Å². The van der Waals surface area contributed by atoms with E-state index in [4.69, 9.17) is 5.73 Å². The highest BCUT2D eigenvalue weighted by molar-refractivity contribution is 5.33. The minimum absolute atomic E-state index is 0.165. The number of likely N-dealkylation sites (tertiary alicyclic amines) is 1. The van der Waals surface area contributed by atoms with Crippen molar-refractivity contribution in [2.75, 3.05) is 19.6 Å². The first-order valence-electron chi connectivity index (χ1n) is 7.68. The Balaban J connectivity index is 1.65. The summed E-state index contributed by atoms with van der Waals surface area (Å²) in [5.41, 5.74) is 10.4. The predicted octanol–water partition coefficient (Wildman–Crippen LogP) is 3.04. The first-order chi connectivity index (χ1) is 9.13. The van der Waals surface area contributed by atoms with Crippen molar-refractivity contribution in [2.24, 2.45) is 17.6 Å². The molecule has 2 N–H and O–H groups in total. The first-order valence-corrected chi connectivity index (χ1v) is 7.68. The van der Waals surface area contributed by atoms with E-state index in [-0.39, 0.29) is 6.04 Å². The number of hydrogen-bond acceptors (Lipinski definition) is 2. The van der Waals surface area contributed by atoms with E-state index in [9.17, 15) is 0 Å². The van der Waals surface area contributed by atoms with Crippen molar-refractivity contribution in [3.8, 4) is 0 Å². The lowest BCUT2D eigenvalue weighted by Crippen LogP contribution is -2.31. The summed E-state index contributed by atoms with van der Waals surface area (Å²) in [6.45, 7) is 7.91. The number of fused-ring (bicyclic) bond motifs is 1. The molecule has 0 radical (unpaired) electrons. The van der Waals surface area contributed by atoms with Crippen LogP contribution in [0.15, 0.2) is 18.2 Å². The molecule has 2 nitrogen and oxygen atoms in total. The summed E-state index contributed by atoms with van der Waals surface area (Å²) >= 11 is 0. The van der Waals surface area contributed by atoms with Gasteiger partial charge in [-0.3, -0.25) is 0 Å². The van der Waals surface area contributed by atoms with E-state index >= 15 is 0 Å². The molecule has 1 heterocycles. The Bertz CT molecular complexity index is 443. The van der Waals surface area contributed by atoms with Gasteiger partial charge in [0.15, 0.2) is 0 Å². The molecule has 1 aliphatic carbocycles. The van der Waals surface area contributed by atoms with E-state index in [2.05, 4.69) is 36.9 Å². The summed E-state index contributed by atoms with van der Waals surface area (Å²) in [5, 5.41) is 0. The van der Waals surface area contributed by atoms with E-state index in [1.165, 1.54) is 49.0 Å². The van der Waals surface area contributed by atoms with Gasteiger partial charge in [-0.15, -0.1) is 0 Å². The summed E-state index contributed by atoms with van der Waals surface area (Å²) in [5.74, 6) is 1.93. The molecule has 0 aromatic heterocycles. The quantitative estimate of drug-likeness (QED) is 0.903. The fourth-order valence-corrected chi connectivity index (χ4v) is 4.02. The molecule has 0 spiro atoms. The molecule has 2 heteroatoms. The van der Waals surface area contributed by atoms with Crippen LogP contribution in [0.3, 0.4) is 0 Å². The zero-order valence-electron chi connectivity index (χ0n) is 12.2. The van der Waals surface area contributed by atoms with E-state index in [1.54, 1.807) is 0 Å². The second-order valence-corrected chi connectivity index (χ2v) is 6.64. The van der Waals surface area contributed by atoms with Crippen molar-refractivity contribution in [2.45, 2.75) is 39.2 Å². The molecular weight excluding hydrogens is 232 g/mol. The third-order valence-electron chi connectivity index (χ3n) is 5.09. The van der Waals surface area contributed by atoms with Gasteiger partial charge < -0.3 is 10.6 Å². The number of rotatable bonds is 3. The van der Waals surface area contributed by atoms with Crippen molar-refractivity contribution in [1.82, 2.24) is 4.90 Å². The van der Waals surface area contributed by atoms with Gasteiger partial charge in [0.25, 0.3) is 0 Å². The Hall–Kier alpha value is -0.860. The highest BCUT2D eigenvalue weighted by atomic mass is 15.2. The number of aryl methyl sites for hydroxylation is 2. The summed E-state index contributed by atoms with van der Waals surface area (Å²) in [6.07, 6.45) is 4.34. The molecule has 19 heavy (non-hydrogen) atoms. The number of benzene rings is 1. The zero-order valence-corrected chi connectivity index (χ0v) is 12.2. The molecule has 1 aromatic rings. The molecule has 0 bridgehead atoms. The minimum Gasteiger partial charge on any atom is -0.323 e. The molecule has 1 saturated heterocycles. The molecule has 1 saturated carbocycles. The molecule has 3 rings (SSSR count). The van der Waals surface area contributed by atoms with Gasteiger partial charge in [-0.05, 0) is 49.7 Å². The summed E-state index contributed by atoms with van der Waals surface area (Å²) < 4.78 is 0. The minimum atomic E-state index is 0.165. The van der Waals surface area contributed by atoms with Gasteiger partial charge in [-0.2, -0.15) is 0 Å². The monoisotopic (exact) mass is 258 g/mol. The van der Waals surface area contributed by atoms with Crippen molar-refractivity contribution >= 4 is 0 Å². The van der Waals surface area contributed by atoms with Crippen molar-refractivity contribution in [3.05, 3.63) is 34.9 Å². The van der Waals surface area contributed by atoms with Crippen molar-refractivity contribution in [1.29, 1.82) is 0 Å². The lowest BCUT2D eigenvalue weighted by atomic mass is 9.99. The average molecular weight is 258 g/mol. The number of hydrogen-bond donors (Lipinski definition) is 1. The van der Waals surface area contributed by atoms with Crippen molar-refractivity contribution in [3.63, 3.8) is 0 Å². The van der Waals surface area contributed by atoms with Crippen molar-refractivity contribution < 1.29 is 0 Å². The van der Waals surface area contributed by atoms with Crippen LogP contribution in [0, 0.1) is 25.7 Å². The molecule has 3 atom stereocenters. The second-order valence-electron chi connectivity index (χ2n) is 6.64. The van der Waals surface area contributed by atoms with Gasteiger partial charge in [0.2, 0.25) is 0 Å². The molecular formula is C17H26N2. The molecule has 1 aliphatic heterocycles. The molecule has 0 amide bonds. The summed E-state index contributed by atoms with van der Waals surface area (Å²) in [6, 6.07) is 6.80. The zero-order chi connectivity index (χ0) is 13.4. The summed E-state index contributed by atoms with van der Waals surface area (Å²) in [7, 11) is 0. The summed E-state index contributed by atoms with van der Waals surface area (Å²) in [4.78, 5) is 2.60. The standard InChI is InChI=1S/C17H26N2/c1-12-6-7-13(2)16(8-12)17(18)11-19-9-14-4-3-5-15(14)10-19/h6-8,14-15,17H,3-5,9-11,18H2,1-2H3. The second kappa shape index (κ2) is 5.26. The maximum absolute atomic E-state index is 6.45. The highest BCUT2D eigenvalue weighted by Gasteiger charge is 2.36. The number of nitrogens with zero attached hydrogens (tertiary/aromatic N) is 1. The van der Waals surface area contributed by atoms with Crippen LogP contribution >= 0.6 is 0 Å². The van der Waals surface area contributed by atoms with Crippen LogP contribution in [0.2, 0.25) is 0 Å². The molecule has 1 aromatic carbocycles.